The van der Waals surface area contributed by atoms with Crippen LogP contribution in [0.4, 0.5) is 5.69 Å². The van der Waals surface area contributed by atoms with Gasteiger partial charge in [0.1, 0.15) is 0 Å². The lowest BCUT2D eigenvalue weighted by atomic mass is 10.2. The topological polar surface area (TPSA) is 58.4 Å². The zero-order valence-electron chi connectivity index (χ0n) is 9.36. The van der Waals surface area contributed by atoms with Crippen molar-refractivity contribution in [2.24, 2.45) is 0 Å². The molecule has 92 valence electrons. The highest BCUT2D eigenvalue weighted by Crippen LogP contribution is 2.23. The van der Waals surface area contributed by atoms with E-state index >= 15 is 0 Å². The van der Waals surface area contributed by atoms with E-state index in [1.807, 2.05) is 0 Å². The van der Waals surface area contributed by atoms with Crippen LogP contribution in [0.5, 0.6) is 0 Å². The Morgan fingerprint density at radius 2 is 2.12 bits per heavy atom. The highest BCUT2D eigenvalue weighted by molar-refractivity contribution is 9.10. The van der Waals surface area contributed by atoms with Gasteiger partial charge in [0.05, 0.1) is 4.92 Å². The summed E-state index contributed by atoms with van der Waals surface area (Å²) in [6, 6.07) is 4.91. The van der Waals surface area contributed by atoms with E-state index in [0.717, 1.165) is 42.8 Å². The molecule has 2 rings (SSSR count). The Balaban J connectivity index is 2.13. The van der Waals surface area contributed by atoms with Gasteiger partial charge in [0.25, 0.3) is 5.69 Å². The molecule has 1 aromatic rings. The van der Waals surface area contributed by atoms with Gasteiger partial charge < -0.3 is 5.32 Å². The fraction of sp³-hybridized carbons (Fsp3) is 0.455. The van der Waals surface area contributed by atoms with Gasteiger partial charge >= 0.3 is 0 Å². The first-order valence-corrected chi connectivity index (χ1v) is 6.32. The number of nitrogens with zero attached hydrogens (tertiary/aromatic N) is 2. The Kier molecular flexibility index (Phi) is 4.09. The van der Waals surface area contributed by atoms with Gasteiger partial charge in [-0.2, -0.15) is 0 Å². The third kappa shape index (κ3) is 3.24. The third-order valence-corrected chi connectivity index (χ3v) is 3.62. The van der Waals surface area contributed by atoms with E-state index in [1.165, 1.54) is 6.07 Å². The Morgan fingerprint density at radius 1 is 1.41 bits per heavy atom. The summed E-state index contributed by atoms with van der Waals surface area (Å²) in [5, 5.41) is 14.0. The van der Waals surface area contributed by atoms with Crippen LogP contribution in [0.1, 0.15) is 5.56 Å². The first-order chi connectivity index (χ1) is 8.16. The predicted octanol–water partition coefficient (Wildman–Crippen LogP) is 1.76. The van der Waals surface area contributed by atoms with Crippen LogP contribution in [0.15, 0.2) is 22.7 Å². The van der Waals surface area contributed by atoms with Crippen LogP contribution in [0.2, 0.25) is 0 Å². The highest BCUT2D eigenvalue weighted by Gasteiger charge is 2.14. The van der Waals surface area contributed by atoms with Crippen molar-refractivity contribution in [2.45, 2.75) is 6.54 Å². The quantitative estimate of drug-likeness (QED) is 0.682. The summed E-state index contributed by atoms with van der Waals surface area (Å²) in [7, 11) is 0. The van der Waals surface area contributed by atoms with E-state index < -0.39 is 0 Å². The maximum Gasteiger partial charge on any atom is 0.269 e. The largest absolute Gasteiger partial charge is 0.314 e. The smallest absolute Gasteiger partial charge is 0.269 e. The number of non-ortho nitro benzene ring substituents is 1. The van der Waals surface area contributed by atoms with Gasteiger partial charge in [-0.15, -0.1) is 0 Å². The molecule has 0 aliphatic carbocycles. The van der Waals surface area contributed by atoms with Crippen molar-refractivity contribution in [1.29, 1.82) is 0 Å². The average molecular weight is 300 g/mol. The molecule has 0 aromatic heterocycles. The van der Waals surface area contributed by atoms with E-state index in [-0.39, 0.29) is 10.6 Å². The van der Waals surface area contributed by atoms with E-state index in [2.05, 4.69) is 26.1 Å². The van der Waals surface area contributed by atoms with E-state index in [9.17, 15) is 10.1 Å². The summed E-state index contributed by atoms with van der Waals surface area (Å²) in [6.45, 7) is 4.67. The number of nitro groups is 1. The van der Waals surface area contributed by atoms with E-state index in [1.54, 1.807) is 12.1 Å². The molecule has 6 heteroatoms. The van der Waals surface area contributed by atoms with Crippen LogP contribution in [0.25, 0.3) is 0 Å². The molecule has 1 heterocycles. The SMILES string of the molecule is O=[N+]([O-])c1ccc(Br)c(CN2CCNCC2)c1. The van der Waals surface area contributed by atoms with Crippen LogP contribution in [0.3, 0.4) is 0 Å². The molecule has 0 radical (unpaired) electrons. The number of nitrogens with one attached hydrogen (secondary N) is 1. The fourth-order valence-corrected chi connectivity index (χ4v) is 2.28. The number of piperazine rings is 1. The minimum absolute atomic E-state index is 0.151. The summed E-state index contributed by atoms with van der Waals surface area (Å²) >= 11 is 3.44. The number of nitro benzene ring substituents is 1. The Labute approximate surface area is 108 Å². The first-order valence-electron chi connectivity index (χ1n) is 5.53. The minimum Gasteiger partial charge on any atom is -0.314 e. The van der Waals surface area contributed by atoms with Gasteiger partial charge in [0.2, 0.25) is 0 Å². The van der Waals surface area contributed by atoms with Gasteiger partial charge in [-0.05, 0) is 11.6 Å². The molecule has 1 aliphatic heterocycles. The second-order valence-corrected chi connectivity index (χ2v) is 4.91. The van der Waals surface area contributed by atoms with Crippen molar-refractivity contribution in [2.75, 3.05) is 26.2 Å². The van der Waals surface area contributed by atoms with E-state index in [4.69, 9.17) is 0 Å². The van der Waals surface area contributed by atoms with Crippen LogP contribution in [-0.4, -0.2) is 36.0 Å². The number of hydrogen-bond donors (Lipinski definition) is 1. The number of rotatable bonds is 3. The summed E-state index contributed by atoms with van der Waals surface area (Å²) in [5.74, 6) is 0. The van der Waals surface area contributed by atoms with Crippen LogP contribution in [-0.2, 0) is 6.54 Å². The number of hydrogen-bond acceptors (Lipinski definition) is 4. The van der Waals surface area contributed by atoms with Crippen molar-refractivity contribution in [1.82, 2.24) is 10.2 Å². The Morgan fingerprint density at radius 3 is 2.76 bits per heavy atom. The Bertz CT molecular complexity index is 419. The maximum atomic E-state index is 10.7. The summed E-state index contributed by atoms with van der Waals surface area (Å²) < 4.78 is 0.932. The number of benzene rings is 1. The monoisotopic (exact) mass is 299 g/mol. The second-order valence-electron chi connectivity index (χ2n) is 4.06. The van der Waals surface area contributed by atoms with Gasteiger partial charge in [-0.25, -0.2) is 0 Å². The van der Waals surface area contributed by atoms with Gasteiger partial charge in [0, 0.05) is 49.3 Å². The predicted molar refractivity (Wildman–Crippen MR) is 68.9 cm³/mol. The first kappa shape index (κ1) is 12.5. The minimum atomic E-state index is -0.353. The fourth-order valence-electron chi connectivity index (χ4n) is 1.91. The molecule has 1 aromatic carbocycles. The second kappa shape index (κ2) is 5.57. The lowest BCUT2D eigenvalue weighted by Gasteiger charge is -2.27. The molecule has 1 saturated heterocycles. The van der Waals surface area contributed by atoms with Gasteiger partial charge in [0.15, 0.2) is 0 Å². The molecule has 0 spiro atoms. The van der Waals surface area contributed by atoms with Crippen LogP contribution >= 0.6 is 15.9 Å². The number of halogens is 1. The van der Waals surface area contributed by atoms with Crippen molar-refractivity contribution >= 4 is 21.6 Å². The molecule has 1 fully saturated rings. The van der Waals surface area contributed by atoms with Crippen LogP contribution in [0, 0.1) is 10.1 Å². The lowest BCUT2D eigenvalue weighted by Crippen LogP contribution is -2.42. The molecule has 0 bridgehead atoms. The summed E-state index contributed by atoms with van der Waals surface area (Å²) in [4.78, 5) is 12.7. The maximum absolute atomic E-state index is 10.7. The molecule has 1 aliphatic rings. The highest BCUT2D eigenvalue weighted by atomic mass is 79.9. The third-order valence-electron chi connectivity index (χ3n) is 2.84. The zero-order valence-corrected chi connectivity index (χ0v) is 10.9. The molecular formula is C11H14BrN3O2. The molecule has 17 heavy (non-hydrogen) atoms. The summed E-state index contributed by atoms with van der Waals surface area (Å²) in [6.07, 6.45) is 0. The molecule has 1 N–H and O–H groups in total. The molecule has 0 amide bonds. The van der Waals surface area contributed by atoms with Crippen molar-refractivity contribution in [3.05, 3.63) is 38.3 Å². The molecule has 0 saturated carbocycles. The van der Waals surface area contributed by atoms with Crippen molar-refractivity contribution in [3.8, 4) is 0 Å². The van der Waals surface area contributed by atoms with Crippen LogP contribution < -0.4 is 5.32 Å². The molecule has 0 atom stereocenters. The average Bonchev–Trinajstić information content (AvgIpc) is 2.33. The molecule has 5 nitrogen and oxygen atoms in total. The van der Waals surface area contributed by atoms with Gasteiger partial charge in [-0.3, -0.25) is 15.0 Å². The molecule has 0 unspecified atom stereocenters. The van der Waals surface area contributed by atoms with Crippen molar-refractivity contribution in [3.63, 3.8) is 0 Å². The summed E-state index contributed by atoms with van der Waals surface area (Å²) in [5.41, 5.74) is 1.12. The standard InChI is InChI=1S/C11H14BrN3O2/c12-11-2-1-10(15(16)17)7-9(11)8-14-5-3-13-4-6-14/h1-2,7,13H,3-6,8H2. The zero-order chi connectivity index (χ0) is 12.3. The lowest BCUT2D eigenvalue weighted by molar-refractivity contribution is -0.384. The normalized spacial score (nSPS) is 17.0. The van der Waals surface area contributed by atoms with Gasteiger partial charge in [-0.1, -0.05) is 15.9 Å². The van der Waals surface area contributed by atoms with Crippen molar-refractivity contribution < 1.29 is 4.92 Å². The van der Waals surface area contributed by atoms with E-state index in [0.29, 0.717) is 0 Å². The Hall–Kier alpha value is -0.980. The molecular weight excluding hydrogens is 286 g/mol.